The van der Waals surface area contributed by atoms with Gasteiger partial charge >= 0.3 is 7.60 Å². The third kappa shape index (κ3) is 5.74. The SMILES string of the molecule is Cc1ccc(C(NC(=O)C2(c3ccc4[nH]cc(CCP(=O)(O)O)c4c3)CC2)c2ccc(C)o2)c(N2CCCCC2)c1. The molecule has 2 aromatic carbocycles. The Kier molecular flexibility index (Phi) is 7.35. The van der Waals surface area contributed by atoms with Gasteiger partial charge in [-0.05, 0) is 99.4 Å². The van der Waals surface area contributed by atoms with Crippen molar-refractivity contribution in [1.82, 2.24) is 10.3 Å². The Morgan fingerprint density at radius 3 is 2.54 bits per heavy atom. The van der Waals surface area contributed by atoms with Crippen molar-refractivity contribution in [2.24, 2.45) is 0 Å². The van der Waals surface area contributed by atoms with Gasteiger partial charge in [0, 0.05) is 41.4 Å². The molecule has 1 atom stereocenters. The molecule has 216 valence electrons. The number of furan rings is 1. The predicted octanol–water partition coefficient (Wildman–Crippen LogP) is 6.03. The first-order chi connectivity index (χ1) is 19.6. The fourth-order valence-corrected chi connectivity index (χ4v) is 6.74. The average Bonchev–Trinajstić information content (AvgIpc) is 3.50. The summed E-state index contributed by atoms with van der Waals surface area (Å²) in [5.41, 5.74) is 5.38. The monoisotopic (exact) mass is 575 g/mol. The third-order valence-corrected chi connectivity index (χ3v) is 9.50. The van der Waals surface area contributed by atoms with E-state index in [2.05, 4.69) is 40.3 Å². The van der Waals surface area contributed by atoms with E-state index in [9.17, 15) is 19.1 Å². The molecule has 4 N–H and O–H groups in total. The fraction of sp³-hybridized carbons (Fsp3) is 0.406. The van der Waals surface area contributed by atoms with Crippen LogP contribution in [0.3, 0.4) is 0 Å². The normalized spacial score (nSPS) is 17.5. The lowest BCUT2D eigenvalue weighted by Crippen LogP contribution is -2.39. The van der Waals surface area contributed by atoms with Crippen molar-refractivity contribution in [2.45, 2.75) is 63.8 Å². The molecule has 6 rings (SSSR count). The Labute approximate surface area is 240 Å². The molecule has 1 amide bonds. The summed E-state index contributed by atoms with van der Waals surface area (Å²) in [4.78, 5) is 38.6. The van der Waals surface area contributed by atoms with Gasteiger partial charge in [0.15, 0.2) is 0 Å². The number of nitrogens with one attached hydrogen (secondary N) is 2. The summed E-state index contributed by atoms with van der Waals surface area (Å²) in [6.45, 7) is 6.02. The Morgan fingerprint density at radius 2 is 1.85 bits per heavy atom. The van der Waals surface area contributed by atoms with Crippen molar-refractivity contribution in [2.75, 3.05) is 24.2 Å². The number of anilines is 1. The zero-order valence-corrected chi connectivity index (χ0v) is 24.5. The molecule has 0 radical (unpaired) electrons. The number of piperidine rings is 1. The molecule has 3 heterocycles. The van der Waals surface area contributed by atoms with Crippen LogP contribution in [0.15, 0.2) is 59.1 Å². The summed E-state index contributed by atoms with van der Waals surface area (Å²) >= 11 is 0. The number of rotatable bonds is 9. The number of carbonyl (C=O) groups excluding carboxylic acids is 1. The quantitative estimate of drug-likeness (QED) is 0.181. The van der Waals surface area contributed by atoms with Crippen molar-refractivity contribution in [3.05, 3.63) is 88.5 Å². The minimum Gasteiger partial charge on any atom is -0.464 e. The molecule has 0 spiro atoms. The van der Waals surface area contributed by atoms with E-state index in [1.165, 1.54) is 12.0 Å². The third-order valence-electron chi connectivity index (χ3n) is 8.69. The van der Waals surface area contributed by atoms with Crippen molar-refractivity contribution in [1.29, 1.82) is 0 Å². The number of aromatic amines is 1. The van der Waals surface area contributed by atoms with Gasteiger partial charge in [-0.3, -0.25) is 9.36 Å². The highest BCUT2D eigenvalue weighted by atomic mass is 31.2. The number of aromatic nitrogens is 1. The maximum atomic E-state index is 14.2. The molecule has 2 aliphatic rings. The van der Waals surface area contributed by atoms with Crippen molar-refractivity contribution < 1.29 is 23.6 Å². The van der Waals surface area contributed by atoms with E-state index in [0.29, 0.717) is 0 Å². The summed E-state index contributed by atoms with van der Waals surface area (Å²) < 4.78 is 17.6. The van der Waals surface area contributed by atoms with Crippen LogP contribution in [0.2, 0.25) is 0 Å². The largest absolute Gasteiger partial charge is 0.464 e. The summed E-state index contributed by atoms with van der Waals surface area (Å²) in [6, 6.07) is 15.9. The summed E-state index contributed by atoms with van der Waals surface area (Å²) in [5, 5.41) is 4.30. The van der Waals surface area contributed by atoms with Crippen molar-refractivity contribution in [3.8, 4) is 0 Å². The van der Waals surface area contributed by atoms with Gasteiger partial charge in [0.1, 0.15) is 17.6 Å². The van der Waals surface area contributed by atoms with Gasteiger partial charge in [-0.25, -0.2) is 0 Å². The zero-order valence-electron chi connectivity index (χ0n) is 23.7. The molecule has 8 nitrogen and oxygen atoms in total. The Bertz CT molecular complexity index is 1620. The maximum absolute atomic E-state index is 14.2. The molecule has 2 aromatic heterocycles. The fourth-order valence-electron chi connectivity index (χ4n) is 6.21. The van der Waals surface area contributed by atoms with Gasteiger partial charge in [0.2, 0.25) is 5.91 Å². The molecular formula is C32H38N3O5P. The first-order valence-electron chi connectivity index (χ1n) is 14.5. The van der Waals surface area contributed by atoms with Gasteiger partial charge in [0.25, 0.3) is 0 Å². The van der Waals surface area contributed by atoms with Crippen LogP contribution in [-0.2, 0) is 21.2 Å². The van der Waals surface area contributed by atoms with Crippen LogP contribution in [-0.4, -0.2) is 39.9 Å². The first-order valence-corrected chi connectivity index (χ1v) is 16.3. The van der Waals surface area contributed by atoms with Crippen molar-refractivity contribution in [3.63, 3.8) is 0 Å². The van der Waals surface area contributed by atoms with Crippen LogP contribution in [0.4, 0.5) is 5.69 Å². The molecule has 1 aliphatic carbocycles. The molecule has 1 saturated carbocycles. The van der Waals surface area contributed by atoms with E-state index in [-0.39, 0.29) is 18.5 Å². The molecule has 41 heavy (non-hydrogen) atoms. The smallest absolute Gasteiger partial charge is 0.325 e. The molecule has 9 heteroatoms. The lowest BCUT2D eigenvalue weighted by atomic mass is 9.91. The van der Waals surface area contributed by atoms with Gasteiger partial charge < -0.3 is 29.4 Å². The lowest BCUT2D eigenvalue weighted by molar-refractivity contribution is -0.124. The molecule has 1 saturated heterocycles. The van der Waals surface area contributed by atoms with E-state index in [0.717, 1.165) is 83.6 Å². The standard InChI is InChI=1S/C32H38N3O5P/c1-21-6-9-25(28(18-21)35-15-4-3-5-16-35)30(29-11-7-22(2)40-29)34-31(36)32(13-14-32)24-8-10-27-26(19-24)23(20-33-27)12-17-41(37,38)39/h6-11,18-20,30,33H,3-5,12-17H2,1-2H3,(H,34,36)(H2,37,38,39). The van der Waals surface area contributed by atoms with Gasteiger partial charge in [-0.2, -0.15) is 0 Å². The minimum atomic E-state index is -4.11. The summed E-state index contributed by atoms with van der Waals surface area (Å²) in [5.74, 6) is 1.48. The summed E-state index contributed by atoms with van der Waals surface area (Å²) in [7, 11) is -4.11. The second kappa shape index (κ2) is 10.8. The van der Waals surface area contributed by atoms with Crippen LogP contribution in [0.25, 0.3) is 10.9 Å². The van der Waals surface area contributed by atoms with E-state index >= 15 is 0 Å². The first kappa shape index (κ1) is 27.8. The maximum Gasteiger partial charge on any atom is 0.325 e. The second-order valence-corrected chi connectivity index (χ2v) is 13.5. The number of benzene rings is 2. The molecule has 0 bridgehead atoms. The number of fused-ring (bicyclic) bond motifs is 1. The number of H-pyrrole nitrogens is 1. The molecule has 1 aliphatic heterocycles. The highest BCUT2D eigenvalue weighted by Gasteiger charge is 2.52. The predicted molar refractivity (Wildman–Crippen MR) is 160 cm³/mol. The van der Waals surface area contributed by atoms with E-state index in [4.69, 9.17) is 4.42 Å². The van der Waals surface area contributed by atoms with E-state index in [1.54, 1.807) is 6.20 Å². The molecule has 4 aromatic rings. The molecule has 1 unspecified atom stereocenters. The zero-order chi connectivity index (χ0) is 28.8. The molecule has 2 fully saturated rings. The van der Waals surface area contributed by atoms with Crippen LogP contribution in [0.5, 0.6) is 0 Å². The number of nitrogens with zero attached hydrogens (tertiary/aromatic N) is 1. The van der Waals surface area contributed by atoms with E-state index < -0.39 is 19.1 Å². The number of amides is 1. The Hall–Kier alpha value is -3.32. The number of carbonyl (C=O) groups is 1. The molecular weight excluding hydrogens is 537 g/mol. The topological polar surface area (TPSA) is 119 Å². The summed E-state index contributed by atoms with van der Waals surface area (Å²) in [6.07, 6.45) is 6.89. The van der Waals surface area contributed by atoms with Gasteiger partial charge in [-0.15, -0.1) is 0 Å². The number of hydrogen-bond donors (Lipinski definition) is 4. The van der Waals surface area contributed by atoms with Crippen molar-refractivity contribution >= 4 is 30.1 Å². The minimum absolute atomic E-state index is 0.0339. The Balaban J connectivity index is 1.33. The van der Waals surface area contributed by atoms with Crippen LogP contribution in [0, 0.1) is 13.8 Å². The van der Waals surface area contributed by atoms with Gasteiger partial charge in [0.05, 0.1) is 11.6 Å². The number of aryl methyl sites for hydroxylation is 3. The van der Waals surface area contributed by atoms with E-state index in [1.807, 2.05) is 37.3 Å². The highest BCUT2D eigenvalue weighted by molar-refractivity contribution is 7.51. The second-order valence-electron chi connectivity index (χ2n) is 11.8. The average molecular weight is 576 g/mol. The number of hydrogen-bond acceptors (Lipinski definition) is 4. The lowest BCUT2D eigenvalue weighted by Gasteiger charge is -2.33. The van der Waals surface area contributed by atoms with Crippen LogP contribution in [0.1, 0.15) is 71.9 Å². The van der Waals surface area contributed by atoms with Gasteiger partial charge in [-0.1, -0.05) is 18.2 Å². The van der Waals surface area contributed by atoms with Crippen LogP contribution >= 0.6 is 7.60 Å². The highest BCUT2D eigenvalue weighted by Crippen LogP contribution is 2.50. The Morgan fingerprint density at radius 1 is 1.07 bits per heavy atom. The van der Waals surface area contributed by atoms with Crippen LogP contribution < -0.4 is 10.2 Å².